The van der Waals surface area contributed by atoms with E-state index in [1.165, 1.54) is 11.3 Å². The highest BCUT2D eigenvalue weighted by Crippen LogP contribution is 2.26. The van der Waals surface area contributed by atoms with Crippen LogP contribution in [0.2, 0.25) is 0 Å². The minimum absolute atomic E-state index is 0.618. The summed E-state index contributed by atoms with van der Waals surface area (Å²) in [5.41, 5.74) is 1.09. The van der Waals surface area contributed by atoms with Crippen molar-refractivity contribution in [1.82, 2.24) is 19.6 Å². The normalized spacial score (nSPS) is 11.0. The fraction of sp³-hybridized carbons (Fsp3) is 0.250. The Balaban J connectivity index is 1.71. The Morgan fingerprint density at radius 2 is 2.32 bits per heavy atom. The van der Waals surface area contributed by atoms with E-state index in [0.29, 0.717) is 11.8 Å². The second-order valence-corrected chi connectivity index (χ2v) is 5.69. The number of pyridine rings is 1. The topological polar surface area (TPSA) is 52.3 Å². The van der Waals surface area contributed by atoms with Crippen molar-refractivity contribution in [3.05, 3.63) is 35.6 Å². The van der Waals surface area contributed by atoms with Crippen molar-refractivity contribution in [2.24, 2.45) is 0 Å². The molecule has 0 atom stereocenters. The average Bonchev–Trinajstić information content (AvgIpc) is 3.04. The van der Waals surface area contributed by atoms with Gasteiger partial charge in [-0.1, -0.05) is 29.2 Å². The van der Waals surface area contributed by atoms with Crippen LogP contribution in [0, 0.1) is 0 Å². The third-order valence-electron chi connectivity index (χ3n) is 2.45. The highest BCUT2D eigenvalue weighted by molar-refractivity contribution is 7.98. The van der Waals surface area contributed by atoms with E-state index in [1.54, 1.807) is 11.8 Å². The highest BCUT2D eigenvalue weighted by atomic mass is 32.2. The molecule has 0 unspecified atom stereocenters. The van der Waals surface area contributed by atoms with Gasteiger partial charge in [0.15, 0.2) is 5.16 Å². The molecule has 0 radical (unpaired) electrons. The fourth-order valence-electron chi connectivity index (χ4n) is 1.63. The molecule has 0 fully saturated rings. The van der Waals surface area contributed by atoms with Crippen molar-refractivity contribution in [3.8, 4) is 5.19 Å². The van der Waals surface area contributed by atoms with Crippen LogP contribution in [-0.2, 0) is 5.75 Å². The lowest BCUT2D eigenvalue weighted by Crippen LogP contribution is -1.89. The minimum Gasteiger partial charge on any atom is -0.469 e. The van der Waals surface area contributed by atoms with E-state index in [9.17, 15) is 0 Å². The van der Waals surface area contributed by atoms with Gasteiger partial charge in [-0.05, 0) is 19.1 Å². The van der Waals surface area contributed by atoms with Gasteiger partial charge in [-0.15, -0.1) is 10.2 Å². The molecule has 3 rings (SSSR count). The van der Waals surface area contributed by atoms with E-state index in [4.69, 9.17) is 4.74 Å². The van der Waals surface area contributed by atoms with Gasteiger partial charge in [0.2, 0.25) is 0 Å². The van der Waals surface area contributed by atoms with E-state index in [2.05, 4.69) is 19.6 Å². The number of nitrogens with zero attached hydrogens (tertiary/aromatic N) is 4. The molecule has 0 saturated carbocycles. The zero-order valence-electron chi connectivity index (χ0n) is 10.3. The van der Waals surface area contributed by atoms with Gasteiger partial charge in [0.05, 0.1) is 24.1 Å². The number of hydrogen-bond acceptors (Lipinski definition) is 6. The van der Waals surface area contributed by atoms with Gasteiger partial charge in [0, 0.05) is 6.20 Å². The summed E-state index contributed by atoms with van der Waals surface area (Å²) in [5.74, 6) is 0.749. The van der Waals surface area contributed by atoms with Crippen LogP contribution >= 0.6 is 23.1 Å². The summed E-state index contributed by atoms with van der Waals surface area (Å²) in [6.45, 7) is 2.55. The van der Waals surface area contributed by atoms with Crippen LogP contribution in [0.3, 0.4) is 0 Å². The van der Waals surface area contributed by atoms with Crippen LogP contribution < -0.4 is 4.74 Å². The Labute approximate surface area is 118 Å². The van der Waals surface area contributed by atoms with Crippen LogP contribution in [0.4, 0.5) is 0 Å². The first-order valence-corrected chi connectivity index (χ1v) is 7.67. The van der Waals surface area contributed by atoms with E-state index in [1.807, 2.05) is 37.5 Å². The standard InChI is InChI=1S/C12H12N4OS2/c1-2-17-12-15-14-10(19-12)8-18-11-13-7-9-5-3-4-6-16(9)11/h3-7H,2,8H2,1H3. The first kappa shape index (κ1) is 12.4. The predicted octanol–water partition coefficient (Wildman–Crippen LogP) is 2.88. The van der Waals surface area contributed by atoms with Crippen molar-refractivity contribution >= 4 is 28.6 Å². The molecule has 0 N–H and O–H groups in total. The molecule has 0 aliphatic carbocycles. The van der Waals surface area contributed by atoms with Crippen LogP contribution in [0.5, 0.6) is 5.19 Å². The van der Waals surface area contributed by atoms with E-state index in [-0.39, 0.29) is 0 Å². The second-order valence-electron chi connectivity index (χ2n) is 3.72. The smallest absolute Gasteiger partial charge is 0.294 e. The molecule has 0 aromatic carbocycles. The summed E-state index contributed by atoms with van der Waals surface area (Å²) in [5, 5.41) is 10.6. The maximum Gasteiger partial charge on any atom is 0.294 e. The lowest BCUT2D eigenvalue weighted by atomic mass is 10.4. The molecular formula is C12H12N4OS2. The Kier molecular flexibility index (Phi) is 3.65. The molecule has 0 aliphatic rings. The minimum atomic E-state index is 0.618. The van der Waals surface area contributed by atoms with Crippen molar-refractivity contribution in [2.75, 3.05) is 6.61 Å². The van der Waals surface area contributed by atoms with Crippen molar-refractivity contribution in [3.63, 3.8) is 0 Å². The molecule has 3 aromatic heterocycles. The lowest BCUT2D eigenvalue weighted by Gasteiger charge is -1.98. The fourth-order valence-corrected chi connectivity index (χ4v) is 3.33. The maximum absolute atomic E-state index is 5.31. The van der Waals surface area contributed by atoms with Gasteiger partial charge in [0.1, 0.15) is 5.01 Å². The van der Waals surface area contributed by atoms with Gasteiger partial charge in [-0.3, -0.25) is 4.40 Å². The third kappa shape index (κ3) is 2.71. The Morgan fingerprint density at radius 3 is 3.21 bits per heavy atom. The van der Waals surface area contributed by atoms with Crippen molar-refractivity contribution in [1.29, 1.82) is 0 Å². The molecule has 3 aromatic rings. The van der Waals surface area contributed by atoms with Crippen LogP contribution in [0.15, 0.2) is 35.7 Å². The van der Waals surface area contributed by atoms with E-state index < -0.39 is 0 Å². The summed E-state index contributed by atoms with van der Waals surface area (Å²) in [6, 6.07) is 6.04. The molecule has 0 amide bonds. The van der Waals surface area contributed by atoms with Gasteiger partial charge < -0.3 is 4.74 Å². The summed E-state index contributed by atoms with van der Waals surface area (Å²) in [7, 11) is 0. The van der Waals surface area contributed by atoms with Crippen LogP contribution in [-0.4, -0.2) is 26.2 Å². The lowest BCUT2D eigenvalue weighted by molar-refractivity contribution is 0.335. The quantitative estimate of drug-likeness (QED) is 0.677. The number of rotatable bonds is 5. The first-order valence-electron chi connectivity index (χ1n) is 5.87. The van der Waals surface area contributed by atoms with Crippen molar-refractivity contribution < 1.29 is 4.74 Å². The van der Waals surface area contributed by atoms with Crippen molar-refractivity contribution in [2.45, 2.75) is 17.8 Å². The third-order valence-corrected chi connectivity index (χ3v) is 4.44. The predicted molar refractivity (Wildman–Crippen MR) is 75.8 cm³/mol. The number of imidazole rings is 1. The van der Waals surface area contributed by atoms with E-state index >= 15 is 0 Å². The summed E-state index contributed by atoms with van der Waals surface area (Å²) >= 11 is 3.13. The Hall–Kier alpha value is -1.60. The second kappa shape index (κ2) is 5.58. The maximum atomic E-state index is 5.31. The zero-order chi connectivity index (χ0) is 13.1. The number of aromatic nitrogens is 4. The molecular weight excluding hydrogens is 280 g/mol. The van der Waals surface area contributed by atoms with Gasteiger partial charge in [-0.2, -0.15) is 0 Å². The van der Waals surface area contributed by atoms with Gasteiger partial charge in [-0.25, -0.2) is 4.98 Å². The molecule has 19 heavy (non-hydrogen) atoms. The summed E-state index contributed by atoms with van der Waals surface area (Å²) < 4.78 is 7.37. The number of fused-ring (bicyclic) bond motifs is 1. The zero-order valence-corrected chi connectivity index (χ0v) is 11.9. The molecule has 0 saturated heterocycles. The average molecular weight is 292 g/mol. The molecule has 0 spiro atoms. The summed E-state index contributed by atoms with van der Waals surface area (Å²) in [6.07, 6.45) is 3.88. The Bertz CT molecular complexity index is 679. The SMILES string of the molecule is CCOc1nnc(CSc2ncc3ccccn23)s1. The van der Waals surface area contributed by atoms with E-state index in [0.717, 1.165) is 21.4 Å². The van der Waals surface area contributed by atoms with Crippen LogP contribution in [0.1, 0.15) is 11.9 Å². The number of hydrogen-bond donors (Lipinski definition) is 0. The van der Waals surface area contributed by atoms with Gasteiger partial charge in [0.25, 0.3) is 5.19 Å². The molecule has 5 nitrogen and oxygen atoms in total. The summed E-state index contributed by atoms with van der Waals surface area (Å²) in [4.78, 5) is 4.40. The molecule has 0 aliphatic heterocycles. The van der Waals surface area contributed by atoms with Gasteiger partial charge >= 0.3 is 0 Å². The monoisotopic (exact) mass is 292 g/mol. The number of thioether (sulfide) groups is 1. The largest absolute Gasteiger partial charge is 0.469 e. The highest BCUT2D eigenvalue weighted by Gasteiger charge is 2.08. The molecule has 98 valence electrons. The molecule has 3 heterocycles. The molecule has 7 heteroatoms. The van der Waals surface area contributed by atoms with Crippen LogP contribution in [0.25, 0.3) is 5.52 Å². The first-order chi connectivity index (χ1) is 9.36. The number of ether oxygens (including phenoxy) is 1. The Morgan fingerprint density at radius 1 is 1.37 bits per heavy atom. The molecule has 0 bridgehead atoms.